The van der Waals surface area contributed by atoms with Gasteiger partial charge in [-0.1, -0.05) is 29.8 Å². The van der Waals surface area contributed by atoms with Crippen molar-refractivity contribution in [1.82, 2.24) is 0 Å². The number of para-hydroxylation sites is 2. The molecule has 0 fully saturated rings. The van der Waals surface area contributed by atoms with E-state index in [1.165, 1.54) is 5.56 Å². The molecule has 4 heteroatoms. The normalized spacial score (nSPS) is 13.8. The molecule has 0 radical (unpaired) electrons. The first-order valence-electron chi connectivity index (χ1n) is 6.25. The van der Waals surface area contributed by atoms with E-state index in [1.54, 1.807) is 5.01 Å². The van der Waals surface area contributed by atoms with Crippen LogP contribution in [0.3, 0.4) is 0 Å². The predicted octanol–water partition coefficient (Wildman–Crippen LogP) is 2.83. The number of hydrogen-bond donors (Lipinski definition) is 2. The smallest absolute Gasteiger partial charge is 0.128 e. The molecule has 19 heavy (non-hydrogen) atoms. The molecule has 2 aromatic carbocycles. The molecule has 0 saturated carbocycles. The van der Waals surface area contributed by atoms with Gasteiger partial charge in [0, 0.05) is 5.69 Å². The summed E-state index contributed by atoms with van der Waals surface area (Å²) in [6.45, 7) is 2.64. The second-order valence-corrected chi connectivity index (χ2v) is 4.67. The number of anilines is 2. The molecule has 1 aliphatic heterocycles. The molecule has 0 saturated heterocycles. The Morgan fingerprint density at radius 2 is 1.84 bits per heavy atom. The fourth-order valence-electron chi connectivity index (χ4n) is 2.10. The number of hydrazine groups is 1. The van der Waals surface area contributed by atoms with Crippen molar-refractivity contribution in [1.29, 1.82) is 0 Å². The Labute approximate surface area is 112 Å². The Balaban J connectivity index is 1.87. The van der Waals surface area contributed by atoms with E-state index in [2.05, 4.69) is 29.4 Å². The lowest BCUT2D eigenvalue weighted by Crippen LogP contribution is -2.40. The third kappa shape index (κ3) is 2.44. The van der Waals surface area contributed by atoms with E-state index < -0.39 is 0 Å². The third-order valence-electron chi connectivity index (χ3n) is 3.11. The van der Waals surface area contributed by atoms with Crippen LogP contribution in [0.4, 0.5) is 17.1 Å². The number of rotatable bonds is 1. The largest absolute Gasteiger partial charge is 0.342 e. The maximum absolute atomic E-state index is 6.03. The number of aryl methyl sites for hydroxylation is 1. The summed E-state index contributed by atoms with van der Waals surface area (Å²) in [7, 11) is 0. The van der Waals surface area contributed by atoms with Gasteiger partial charge in [0.1, 0.15) is 5.84 Å². The highest BCUT2D eigenvalue weighted by Crippen LogP contribution is 2.29. The van der Waals surface area contributed by atoms with Crippen LogP contribution in [0, 0.1) is 6.92 Å². The number of benzene rings is 2. The Kier molecular flexibility index (Phi) is 2.93. The van der Waals surface area contributed by atoms with Crippen molar-refractivity contribution in [3.8, 4) is 0 Å². The molecule has 0 aromatic heterocycles. The van der Waals surface area contributed by atoms with Gasteiger partial charge in [0.15, 0.2) is 0 Å². The monoisotopic (exact) mass is 252 g/mol. The maximum atomic E-state index is 6.03. The number of hydrogen-bond acceptors (Lipinski definition) is 4. The van der Waals surface area contributed by atoms with Gasteiger partial charge in [0.25, 0.3) is 0 Å². The lowest BCUT2D eigenvalue weighted by molar-refractivity contribution is 0.945. The molecular weight excluding hydrogens is 236 g/mol. The first kappa shape index (κ1) is 11.7. The molecule has 0 unspecified atom stereocenters. The molecular formula is C15H16N4. The zero-order valence-corrected chi connectivity index (χ0v) is 10.8. The molecule has 0 bridgehead atoms. The van der Waals surface area contributed by atoms with Gasteiger partial charge in [0.2, 0.25) is 0 Å². The Morgan fingerprint density at radius 3 is 2.63 bits per heavy atom. The van der Waals surface area contributed by atoms with Crippen LogP contribution in [0.5, 0.6) is 0 Å². The molecule has 0 amide bonds. The number of nitrogens with one attached hydrogen (secondary N) is 1. The van der Waals surface area contributed by atoms with E-state index in [0.717, 1.165) is 22.9 Å². The van der Waals surface area contributed by atoms with Crippen LogP contribution in [-0.4, -0.2) is 12.4 Å². The predicted molar refractivity (Wildman–Crippen MR) is 79.9 cm³/mol. The highest BCUT2D eigenvalue weighted by Gasteiger charge is 2.16. The molecule has 0 atom stereocenters. The van der Waals surface area contributed by atoms with Crippen LogP contribution in [0.1, 0.15) is 5.56 Å². The maximum Gasteiger partial charge on any atom is 0.128 e. The van der Waals surface area contributed by atoms with E-state index in [9.17, 15) is 0 Å². The molecule has 0 aliphatic carbocycles. The van der Waals surface area contributed by atoms with Crippen molar-refractivity contribution < 1.29 is 0 Å². The quantitative estimate of drug-likeness (QED) is 0.767. The van der Waals surface area contributed by atoms with Crippen LogP contribution in [0.15, 0.2) is 53.5 Å². The summed E-state index contributed by atoms with van der Waals surface area (Å²) >= 11 is 0. The van der Waals surface area contributed by atoms with E-state index in [0.29, 0.717) is 6.54 Å². The number of nitrogens with two attached hydrogens (primary N) is 1. The van der Waals surface area contributed by atoms with Crippen molar-refractivity contribution in [3.05, 3.63) is 54.1 Å². The van der Waals surface area contributed by atoms with Crippen molar-refractivity contribution in [3.63, 3.8) is 0 Å². The summed E-state index contributed by atoms with van der Waals surface area (Å²) in [5, 5.41) is 5.01. The van der Waals surface area contributed by atoms with E-state index in [4.69, 9.17) is 5.84 Å². The third-order valence-corrected chi connectivity index (χ3v) is 3.11. The minimum Gasteiger partial charge on any atom is -0.342 e. The first-order chi connectivity index (χ1) is 9.22. The second-order valence-electron chi connectivity index (χ2n) is 4.67. The Bertz CT molecular complexity index is 616. The lowest BCUT2D eigenvalue weighted by atomic mass is 10.2. The number of fused-ring (bicyclic) bond motifs is 1. The summed E-state index contributed by atoms with van der Waals surface area (Å²) in [4.78, 5) is 4.60. The molecule has 3 rings (SSSR count). The van der Waals surface area contributed by atoms with Gasteiger partial charge < -0.3 is 10.3 Å². The summed E-state index contributed by atoms with van der Waals surface area (Å²) in [6, 6.07) is 16.1. The van der Waals surface area contributed by atoms with Gasteiger partial charge in [-0.15, -0.1) is 0 Å². The zero-order valence-electron chi connectivity index (χ0n) is 10.8. The van der Waals surface area contributed by atoms with Gasteiger partial charge >= 0.3 is 0 Å². The first-order valence-corrected chi connectivity index (χ1v) is 6.25. The highest BCUT2D eigenvalue weighted by molar-refractivity contribution is 6.02. The standard InChI is InChI=1S/C15H16N4/c1-11-6-8-12(9-7-11)17-15-10-19(16)14-5-3-2-4-13(14)18-15/h2-9H,10,16H2,1H3,(H,17,18). The fraction of sp³-hybridized carbons (Fsp3) is 0.133. The van der Waals surface area contributed by atoms with Crippen molar-refractivity contribution in [2.45, 2.75) is 6.92 Å². The summed E-state index contributed by atoms with van der Waals surface area (Å²) in [5.41, 5.74) is 4.11. The van der Waals surface area contributed by atoms with Crippen LogP contribution in [0.25, 0.3) is 0 Å². The van der Waals surface area contributed by atoms with Gasteiger partial charge in [-0.05, 0) is 31.2 Å². The summed E-state index contributed by atoms with van der Waals surface area (Å²) in [6.07, 6.45) is 0. The minimum absolute atomic E-state index is 0.574. The van der Waals surface area contributed by atoms with Gasteiger partial charge in [-0.25, -0.2) is 10.8 Å². The summed E-state index contributed by atoms with van der Waals surface area (Å²) in [5.74, 6) is 6.88. The zero-order chi connectivity index (χ0) is 13.2. The van der Waals surface area contributed by atoms with Crippen molar-refractivity contribution >= 4 is 22.9 Å². The van der Waals surface area contributed by atoms with Gasteiger partial charge in [0.05, 0.1) is 17.9 Å². The van der Waals surface area contributed by atoms with E-state index in [1.807, 2.05) is 36.4 Å². The highest BCUT2D eigenvalue weighted by atomic mass is 15.4. The molecule has 1 heterocycles. The molecule has 96 valence electrons. The average Bonchev–Trinajstić information content (AvgIpc) is 2.42. The van der Waals surface area contributed by atoms with Crippen LogP contribution >= 0.6 is 0 Å². The minimum atomic E-state index is 0.574. The molecule has 1 aliphatic rings. The van der Waals surface area contributed by atoms with E-state index in [-0.39, 0.29) is 0 Å². The molecule has 0 spiro atoms. The van der Waals surface area contributed by atoms with Crippen LogP contribution in [-0.2, 0) is 0 Å². The van der Waals surface area contributed by atoms with Gasteiger partial charge in [-0.3, -0.25) is 0 Å². The molecule has 2 aromatic rings. The number of nitrogens with zero attached hydrogens (tertiary/aromatic N) is 2. The molecule has 4 nitrogen and oxygen atoms in total. The Hall–Kier alpha value is -2.33. The fourth-order valence-corrected chi connectivity index (χ4v) is 2.10. The summed E-state index contributed by atoms with van der Waals surface area (Å²) < 4.78 is 0. The van der Waals surface area contributed by atoms with Gasteiger partial charge in [-0.2, -0.15) is 0 Å². The van der Waals surface area contributed by atoms with Crippen LogP contribution in [0.2, 0.25) is 0 Å². The second kappa shape index (κ2) is 4.74. The van der Waals surface area contributed by atoms with Crippen molar-refractivity contribution in [2.24, 2.45) is 10.8 Å². The molecule has 3 N–H and O–H groups in total. The lowest BCUT2D eigenvalue weighted by Gasteiger charge is -2.26. The Morgan fingerprint density at radius 1 is 1.11 bits per heavy atom. The number of amidine groups is 1. The number of aliphatic imine (C=N–C) groups is 1. The van der Waals surface area contributed by atoms with Crippen molar-refractivity contribution in [2.75, 3.05) is 16.9 Å². The van der Waals surface area contributed by atoms with E-state index >= 15 is 0 Å². The van der Waals surface area contributed by atoms with Crippen LogP contribution < -0.4 is 16.2 Å². The SMILES string of the molecule is Cc1ccc(NC2=Nc3ccccc3N(N)C2)cc1. The topological polar surface area (TPSA) is 53.7 Å². The average molecular weight is 252 g/mol.